The summed E-state index contributed by atoms with van der Waals surface area (Å²) in [5, 5.41) is 5.54. The summed E-state index contributed by atoms with van der Waals surface area (Å²) in [6.45, 7) is 4.19. The van der Waals surface area contributed by atoms with E-state index in [1.165, 1.54) is 0 Å². The van der Waals surface area contributed by atoms with E-state index in [-0.39, 0.29) is 26.8 Å². The number of halogens is 3. The molecule has 0 unspecified atom stereocenters. The molecule has 0 fully saturated rings. The van der Waals surface area contributed by atoms with Crippen molar-refractivity contribution in [2.75, 3.05) is 6.61 Å². The van der Waals surface area contributed by atoms with Gasteiger partial charge in [-0.3, -0.25) is 0 Å². The van der Waals surface area contributed by atoms with Crippen LogP contribution in [0.4, 0.5) is 0 Å². The number of carbonyl (C=O) groups excluding carboxylic acids is 1. The van der Waals surface area contributed by atoms with E-state index in [0.29, 0.717) is 20.2 Å². The third kappa shape index (κ3) is 4.89. The first kappa shape index (κ1) is 22.4. The molecule has 0 atom stereocenters. The summed E-state index contributed by atoms with van der Waals surface area (Å²) < 4.78 is 8.61. The van der Waals surface area contributed by atoms with Crippen LogP contribution < -0.4 is 0 Å². The van der Waals surface area contributed by atoms with Gasteiger partial charge in [0.05, 0.1) is 0 Å². The van der Waals surface area contributed by atoms with Crippen molar-refractivity contribution in [2.45, 2.75) is 26.7 Å². The number of hydrogen-bond acceptors (Lipinski definition) is 3. The Morgan fingerprint density at radius 1 is 1.31 bits per heavy atom. The molecular formula is C21H19BrCl2N2O2Se. The standard InChI is InChI=1S/C21H19BrCl2N2O2Se/c1-3-5-6-7-13-10-11-29-20(13)19-17(22)18(21(27)28-4-2)25-26(19)16-9-8-14(23)12-15(16)24/h6-12H,3-5H2,1-2H3. The average molecular weight is 561 g/mol. The van der Waals surface area contributed by atoms with Crippen LogP contribution in [0.3, 0.4) is 0 Å². The van der Waals surface area contributed by atoms with E-state index in [1.807, 2.05) is 0 Å². The molecule has 0 saturated carbocycles. The van der Waals surface area contributed by atoms with E-state index >= 15 is 0 Å². The SMILES string of the molecule is CCCC=Cc1cc[se]c1-c1c(Br)c(C(=O)OCC)nn1-c1ccc(Cl)cc1Cl. The van der Waals surface area contributed by atoms with Gasteiger partial charge in [-0.1, -0.05) is 0 Å². The second kappa shape index (κ2) is 10.1. The van der Waals surface area contributed by atoms with Gasteiger partial charge in [-0.05, 0) is 0 Å². The Labute approximate surface area is 194 Å². The van der Waals surface area contributed by atoms with E-state index in [2.05, 4.69) is 51.1 Å². The molecule has 3 rings (SSSR count). The van der Waals surface area contributed by atoms with Crippen molar-refractivity contribution in [3.63, 3.8) is 0 Å². The fourth-order valence-electron chi connectivity index (χ4n) is 2.77. The maximum atomic E-state index is 12.5. The number of rotatable bonds is 7. The normalized spacial score (nSPS) is 11.3. The van der Waals surface area contributed by atoms with Crippen molar-refractivity contribution < 1.29 is 9.53 Å². The topological polar surface area (TPSA) is 44.1 Å². The molecular weight excluding hydrogens is 542 g/mol. The van der Waals surface area contributed by atoms with Crippen LogP contribution in [0, 0.1) is 0 Å². The molecule has 0 aliphatic heterocycles. The molecule has 2 aromatic heterocycles. The van der Waals surface area contributed by atoms with Gasteiger partial charge in [0.25, 0.3) is 0 Å². The summed E-state index contributed by atoms with van der Waals surface area (Å²) in [5.74, 6) is -0.480. The summed E-state index contributed by atoms with van der Waals surface area (Å²) in [4.78, 5) is 14.6. The van der Waals surface area contributed by atoms with Gasteiger partial charge in [0, 0.05) is 0 Å². The molecule has 0 aliphatic rings. The summed E-state index contributed by atoms with van der Waals surface area (Å²) in [6, 6.07) is 7.32. The van der Waals surface area contributed by atoms with Crippen molar-refractivity contribution in [1.29, 1.82) is 0 Å². The number of allylic oxidation sites excluding steroid dienone is 1. The molecule has 0 amide bonds. The molecule has 0 radical (unpaired) electrons. The molecule has 1 aromatic carbocycles. The number of esters is 1. The Morgan fingerprint density at radius 3 is 2.79 bits per heavy atom. The Morgan fingerprint density at radius 2 is 2.10 bits per heavy atom. The van der Waals surface area contributed by atoms with Gasteiger partial charge >= 0.3 is 195 Å². The molecule has 2 heterocycles. The van der Waals surface area contributed by atoms with Crippen LogP contribution >= 0.6 is 39.1 Å². The number of nitrogens with zero attached hydrogens (tertiary/aromatic N) is 2. The van der Waals surface area contributed by atoms with Crippen LogP contribution in [-0.4, -0.2) is 36.9 Å². The number of ether oxygens (including phenoxy) is 1. The number of benzene rings is 1. The minimum atomic E-state index is -0.480. The third-order valence-electron chi connectivity index (χ3n) is 4.10. The Hall–Kier alpha value is -1.30. The zero-order chi connectivity index (χ0) is 21.0. The predicted molar refractivity (Wildman–Crippen MR) is 124 cm³/mol. The zero-order valence-corrected chi connectivity index (χ0v) is 20.7. The number of aromatic nitrogens is 2. The predicted octanol–water partition coefficient (Wildman–Crippen LogP) is 6.66. The van der Waals surface area contributed by atoms with Gasteiger partial charge in [-0.15, -0.1) is 0 Å². The van der Waals surface area contributed by atoms with Crippen LogP contribution in [0.1, 0.15) is 42.7 Å². The number of unbranched alkanes of at least 4 members (excludes halogenated alkanes) is 1. The third-order valence-corrected chi connectivity index (χ3v) is 7.35. The number of carbonyl (C=O) groups is 1. The van der Waals surface area contributed by atoms with E-state index in [1.54, 1.807) is 29.8 Å². The van der Waals surface area contributed by atoms with Gasteiger partial charge in [-0.2, -0.15) is 0 Å². The van der Waals surface area contributed by atoms with E-state index in [0.717, 1.165) is 28.5 Å². The second-order valence-corrected chi connectivity index (χ2v) is 9.69. The van der Waals surface area contributed by atoms with Crippen LogP contribution in [-0.2, 0) is 4.74 Å². The van der Waals surface area contributed by atoms with E-state index in [9.17, 15) is 4.79 Å². The Balaban J connectivity index is 2.23. The fourth-order valence-corrected chi connectivity index (χ4v) is 6.10. The monoisotopic (exact) mass is 560 g/mol. The Bertz CT molecular complexity index is 1060. The second-order valence-electron chi connectivity index (χ2n) is 6.14. The van der Waals surface area contributed by atoms with Gasteiger partial charge in [0.15, 0.2) is 0 Å². The van der Waals surface area contributed by atoms with Crippen molar-refractivity contribution in [3.8, 4) is 15.8 Å². The molecule has 4 nitrogen and oxygen atoms in total. The summed E-state index contributed by atoms with van der Waals surface area (Å²) >= 11 is 16.2. The molecule has 29 heavy (non-hydrogen) atoms. The summed E-state index contributed by atoms with van der Waals surface area (Å²) in [6.07, 6.45) is 6.39. The molecule has 0 saturated heterocycles. The molecule has 0 aliphatic carbocycles. The minimum absolute atomic E-state index is 0.0943. The van der Waals surface area contributed by atoms with E-state index < -0.39 is 5.97 Å². The Kier molecular flexibility index (Phi) is 7.83. The molecule has 0 spiro atoms. The first-order valence-corrected chi connectivity index (χ1v) is 12.5. The maximum absolute atomic E-state index is 12.5. The van der Waals surface area contributed by atoms with Gasteiger partial charge < -0.3 is 0 Å². The average Bonchev–Trinajstić information content (AvgIpc) is 3.26. The van der Waals surface area contributed by atoms with Crippen molar-refractivity contribution in [2.24, 2.45) is 0 Å². The van der Waals surface area contributed by atoms with Crippen molar-refractivity contribution in [3.05, 3.63) is 61.1 Å². The van der Waals surface area contributed by atoms with Crippen LogP contribution in [0.15, 0.2) is 39.8 Å². The molecule has 0 bridgehead atoms. The summed E-state index contributed by atoms with van der Waals surface area (Å²) in [5.41, 5.74) is 2.79. The van der Waals surface area contributed by atoms with Crippen LogP contribution in [0.2, 0.25) is 10.0 Å². The fraction of sp³-hybridized carbons (Fsp3) is 0.238. The first-order chi connectivity index (χ1) is 14.0. The molecule has 8 heteroatoms. The molecule has 0 N–H and O–H groups in total. The van der Waals surface area contributed by atoms with Crippen molar-refractivity contribution >= 4 is 65.7 Å². The van der Waals surface area contributed by atoms with Crippen LogP contribution in [0.25, 0.3) is 21.9 Å². The summed E-state index contributed by atoms with van der Waals surface area (Å²) in [7, 11) is 0. The zero-order valence-electron chi connectivity index (χ0n) is 15.9. The first-order valence-electron chi connectivity index (χ1n) is 9.13. The van der Waals surface area contributed by atoms with E-state index in [4.69, 9.17) is 27.9 Å². The van der Waals surface area contributed by atoms with Crippen molar-refractivity contribution in [1.82, 2.24) is 9.78 Å². The molecule has 3 aromatic rings. The number of hydrogen-bond donors (Lipinski definition) is 0. The van der Waals surface area contributed by atoms with Crippen LogP contribution in [0.5, 0.6) is 0 Å². The van der Waals surface area contributed by atoms with Gasteiger partial charge in [-0.25, -0.2) is 0 Å². The quantitative estimate of drug-likeness (QED) is 0.240. The molecule has 152 valence electrons. The van der Waals surface area contributed by atoms with Gasteiger partial charge in [0.2, 0.25) is 0 Å². The van der Waals surface area contributed by atoms with Gasteiger partial charge in [0.1, 0.15) is 0 Å².